The van der Waals surface area contributed by atoms with E-state index in [9.17, 15) is 0 Å². The number of ether oxygens (including phenoxy) is 1. The lowest BCUT2D eigenvalue weighted by Gasteiger charge is -2.40. The SMILES string of the molecule is CNC1CC2(CCC(C)C2)Oc2ccc(Cl)cc21. The van der Waals surface area contributed by atoms with Gasteiger partial charge in [-0.1, -0.05) is 18.5 Å². The highest BCUT2D eigenvalue weighted by atomic mass is 35.5. The van der Waals surface area contributed by atoms with Crippen LogP contribution in [-0.4, -0.2) is 12.6 Å². The standard InChI is InChI=1S/C15H20ClNO/c1-10-5-6-15(8-10)9-13(17-2)12-7-11(16)3-4-14(12)18-15/h3-4,7,10,13,17H,5-6,8-9H2,1-2H3. The second-order valence-corrected chi connectivity index (χ2v) is 6.30. The summed E-state index contributed by atoms with van der Waals surface area (Å²) in [6.45, 7) is 2.32. The van der Waals surface area contributed by atoms with Gasteiger partial charge in [-0.05, 0) is 50.4 Å². The van der Waals surface area contributed by atoms with Crippen LogP contribution < -0.4 is 10.1 Å². The Bertz CT molecular complexity index is 462. The molecule has 0 bridgehead atoms. The highest BCUT2D eigenvalue weighted by molar-refractivity contribution is 6.30. The molecule has 1 saturated carbocycles. The lowest BCUT2D eigenvalue weighted by atomic mass is 9.85. The van der Waals surface area contributed by atoms with E-state index >= 15 is 0 Å². The van der Waals surface area contributed by atoms with Crippen molar-refractivity contribution in [1.82, 2.24) is 5.32 Å². The normalized spacial score (nSPS) is 34.4. The molecular weight excluding hydrogens is 246 g/mol. The molecule has 0 amide bonds. The van der Waals surface area contributed by atoms with Gasteiger partial charge in [0.2, 0.25) is 0 Å². The van der Waals surface area contributed by atoms with Crippen molar-refractivity contribution in [3.05, 3.63) is 28.8 Å². The average molecular weight is 266 g/mol. The minimum atomic E-state index is 0.0495. The maximum atomic E-state index is 6.34. The maximum Gasteiger partial charge on any atom is 0.125 e. The van der Waals surface area contributed by atoms with Crippen LogP contribution in [0.4, 0.5) is 0 Å². The van der Waals surface area contributed by atoms with Crippen LogP contribution in [0.3, 0.4) is 0 Å². The van der Waals surface area contributed by atoms with Crippen LogP contribution in [0.15, 0.2) is 18.2 Å². The van der Waals surface area contributed by atoms with Crippen LogP contribution in [0.25, 0.3) is 0 Å². The molecule has 1 spiro atoms. The van der Waals surface area contributed by atoms with E-state index in [1.807, 2.05) is 25.2 Å². The third-order valence-electron chi connectivity index (χ3n) is 4.41. The van der Waals surface area contributed by atoms with Crippen molar-refractivity contribution in [2.24, 2.45) is 5.92 Å². The highest BCUT2D eigenvalue weighted by Gasteiger charge is 2.44. The largest absolute Gasteiger partial charge is 0.487 e. The number of benzene rings is 1. The van der Waals surface area contributed by atoms with Gasteiger partial charge >= 0.3 is 0 Å². The van der Waals surface area contributed by atoms with Crippen molar-refractivity contribution in [3.63, 3.8) is 0 Å². The molecule has 3 unspecified atom stereocenters. The molecule has 3 rings (SSSR count). The van der Waals surface area contributed by atoms with Gasteiger partial charge in [-0.15, -0.1) is 0 Å². The van der Waals surface area contributed by atoms with Crippen LogP contribution in [0, 0.1) is 5.92 Å². The van der Waals surface area contributed by atoms with E-state index in [0.29, 0.717) is 6.04 Å². The lowest BCUT2D eigenvalue weighted by Crippen LogP contribution is -2.41. The molecule has 98 valence electrons. The first-order chi connectivity index (χ1) is 8.62. The van der Waals surface area contributed by atoms with Gasteiger partial charge in [0.25, 0.3) is 0 Å². The number of rotatable bonds is 1. The van der Waals surface area contributed by atoms with Crippen LogP contribution in [0.2, 0.25) is 5.02 Å². The molecule has 1 aliphatic carbocycles. The zero-order valence-electron chi connectivity index (χ0n) is 11.0. The van der Waals surface area contributed by atoms with Crippen LogP contribution in [0.1, 0.15) is 44.2 Å². The maximum absolute atomic E-state index is 6.34. The van der Waals surface area contributed by atoms with Crippen molar-refractivity contribution in [3.8, 4) is 5.75 Å². The van der Waals surface area contributed by atoms with E-state index in [-0.39, 0.29) is 5.60 Å². The molecule has 1 heterocycles. The van der Waals surface area contributed by atoms with Gasteiger partial charge in [-0.25, -0.2) is 0 Å². The minimum absolute atomic E-state index is 0.0495. The van der Waals surface area contributed by atoms with Crippen LogP contribution in [0.5, 0.6) is 5.75 Å². The monoisotopic (exact) mass is 265 g/mol. The lowest BCUT2D eigenvalue weighted by molar-refractivity contribution is 0.0348. The first-order valence-electron chi connectivity index (χ1n) is 6.78. The summed E-state index contributed by atoms with van der Waals surface area (Å²) in [5.41, 5.74) is 1.25. The number of hydrogen-bond acceptors (Lipinski definition) is 2. The number of nitrogens with one attached hydrogen (secondary N) is 1. The summed E-state index contributed by atoms with van der Waals surface area (Å²) >= 11 is 6.09. The van der Waals surface area contributed by atoms with E-state index in [1.54, 1.807) is 0 Å². The first-order valence-corrected chi connectivity index (χ1v) is 7.15. The molecule has 2 aliphatic rings. The summed E-state index contributed by atoms with van der Waals surface area (Å²) < 4.78 is 6.34. The number of hydrogen-bond donors (Lipinski definition) is 1. The third-order valence-corrected chi connectivity index (χ3v) is 4.65. The molecule has 1 aromatic rings. The van der Waals surface area contributed by atoms with Gasteiger partial charge in [-0.3, -0.25) is 0 Å². The van der Waals surface area contributed by atoms with Crippen molar-refractivity contribution >= 4 is 11.6 Å². The Morgan fingerprint density at radius 2 is 2.22 bits per heavy atom. The van der Waals surface area contributed by atoms with E-state index in [1.165, 1.54) is 24.8 Å². The van der Waals surface area contributed by atoms with Gasteiger partial charge in [-0.2, -0.15) is 0 Å². The molecule has 1 aliphatic heterocycles. The Labute approximate surface area is 114 Å². The summed E-state index contributed by atoms with van der Waals surface area (Å²) in [6, 6.07) is 6.33. The predicted molar refractivity (Wildman–Crippen MR) is 74.2 cm³/mol. The van der Waals surface area contributed by atoms with E-state index in [4.69, 9.17) is 16.3 Å². The summed E-state index contributed by atoms with van der Waals surface area (Å²) in [7, 11) is 2.02. The minimum Gasteiger partial charge on any atom is -0.487 e. The molecule has 1 N–H and O–H groups in total. The van der Waals surface area contributed by atoms with Crippen LogP contribution >= 0.6 is 11.6 Å². The predicted octanol–water partition coefficient (Wildman–Crippen LogP) is 3.94. The van der Waals surface area contributed by atoms with Crippen molar-refractivity contribution in [2.75, 3.05) is 7.05 Å². The Kier molecular flexibility index (Phi) is 3.03. The second-order valence-electron chi connectivity index (χ2n) is 5.86. The fraction of sp³-hybridized carbons (Fsp3) is 0.600. The number of fused-ring (bicyclic) bond motifs is 1. The summed E-state index contributed by atoms with van der Waals surface area (Å²) in [5, 5.41) is 4.20. The van der Waals surface area contributed by atoms with Gasteiger partial charge in [0.15, 0.2) is 0 Å². The molecule has 0 radical (unpaired) electrons. The average Bonchev–Trinajstić information content (AvgIpc) is 2.70. The molecule has 18 heavy (non-hydrogen) atoms. The Hall–Kier alpha value is -0.730. The van der Waals surface area contributed by atoms with Crippen molar-refractivity contribution in [1.29, 1.82) is 0 Å². The molecule has 0 saturated heterocycles. The fourth-order valence-corrected chi connectivity index (χ4v) is 3.71. The first kappa shape index (κ1) is 12.3. The van der Waals surface area contributed by atoms with Crippen LogP contribution in [-0.2, 0) is 0 Å². The molecule has 3 atom stereocenters. The van der Waals surface area contributed by atoms with Gasteiger partial charge in [0.1, 0.15) is 11.4 Å². The Balaban J connectivity index is 1.97. The zero-order chi connectivity index (χ0) is 12.8. The summed E-state index contributed by atoms with van der Waals surface area (Å²) in [5.74, 6) is 1.79. The molecule has 2 nitrogen and oxygen atoms in total. The number of halogens is 1. The molecule has 0 aromatic heterocycles. The van der Waals surface area contributed by atoms with E-state index in [0.717, 1.165) is 23.1 Å². The van der Waals surface area contributed by atoms with E-state index in [2.05, 4.69) is 12.2 Å². The Morgan fingerprint density at radius 1 is 1.39 bits per heavy atom. The summed E-state index contributed by atoms with van der Waals surface area (Å²) in [4.78, 5) is 0. The van der Waals surface area contributed by atoms with Crippen molar-refractivity contribution < 1.29 is 4.74 Å². The molecule has 1 fully saturated rings. The highest BCUT2D eigenvalue weighted by Crippen LogP contribution is 2.49. The molecule has 3 heteroatoms. The Morgan fingerprint density at radius 3 is 2.89 bits per heavy atom. The third kappa shape index (κ3) is 2.02. The molecular formula is C15H20ClNO. The van der Waals surface area contributed by atoms with Gasteiger partial charge in [0.05, 0.1) is 0 Å². The molecule has 1 aromatic carbocycles. The van der Waals surface area contributed by atoms with Gasteiger partial charge < -0.3 is 10.1 Å². The van der Waals surface area contributed by atoms with Crippen molar-refractivity contribution in [2.45, 2.75) is 44.2 Å². The second kappa shape index (κ2) is 4.43. The van der Waals surface area contributed by atoms with E-state index < -0.39 is 0 Å². The van der Waals surface area contributed by atoms with Gasteiger partial charge in [0, 0.05) is 23.0 Å². The smallest absolute Gasteiger partial charge is 0.125 e. The zero-order valence-corrected chi connectivity index (χ0v) is 11.8. The fourth-order valence-electron chi connectivity index (χ4n) is 3.53. The summed E-state index contributed by atoms with van der Waals surface area (Å²) in [6.07, 6.45) is 4.68. The quantitative estimate of drug-likeness (QED) is 0.830. The topological polar surface area (TPSA) is 21.3 Å².